The van der Waals surface area contributed by atoms with E-state index < -0.39 is 0 Å². The molecule has 1 heterocycles. The Balaban J connectivity index is 1.96. The highest BCUT2D eigenvalue weighted by Crippen LogP contribution is 2.22. The summed E-state index contributed by atoms with van der Waals surface area (Å²) in [6.45, 7) is 7.63. The van der Waals surface area contributed by atoms with E-state index in [9.17, 15) is 0 Å². The molecular weight excluding hydrogens is 330 g/mol. The zero-order valence-corrected chi connectivity index (χ0v) is 14.2. The molecule has 2 rings (SSSR count). The van der Waals surface area contributed by atoms with E-state index in [4.69, 9.17) is 9.47 Å². The topological polar surface area (TPSA) is 31.4 Å². The lowest BCUT2D eigenvalue weighted by Gasteiger charge is -2.17. The van der Waals surface area contributed by atoms with Gasteiger partial charge in [0.2, 0.25) is 5.88 Å². The number of hydrogen-bond acceptors (Lipinski definition) is 3. The number of aromatic nitrogens is 1. The number of benzene rings is 1. The quantitative estimate of drug-likeness (QED) is 0.743. The molecule has 4 heteroatoms. The average molecular weight is 350 g/mol. The molecular formula is C17H20BrNO2. The van der Waals surface area contributed by atoms with Crippen LogP contribution in [0.5, 0.6) is 11.6 Å². The van der Waals surface area contributed by atoms with Gasteiger partial charge in [-0.25, -0.2) is 4.98 Å². The van der Waals surface area contributed by atoms with Crippen LogP contribution in [0.25, 0.3) is 0 Å². The Hall–Kier alpha value is -1.39. The monoisotopic (exact) mass is 349 g/mol. The Labute approximate surface area is 134 Å². The minimum Gasteiger partial charge on any atom is -0.439 e. The third-order valence-electron chi connectivity index (χ3n) is 2.60. The van der Waals surface area contributed by atoms with Crippen molar-refractivity contribution in [3.63, 3.8) is 0 Å². The van der Waals surface area contributed by atoms with Gasteiger partial charge in [-0.05, 0) is 35.7 Å². The molecule has 21 heavy (non-hydrogen) atoms. The predicted octanol–water partition coefficient (Wildman–Crippen LogP) is 5.20. The number of hydrogen-bond donors (Lipinski definition) is 0. The molecule has 0 N–H and O–H groups in total. The van der Waals surface area contributed by atoms with Crippen molar-refractivity contribution in [2.24, 2.45) is 5.41 Å². The molecule has 0 fully saturated rings. The summed E-state index contributed by atoms with van der Waals surface area (Å²) in [5.41, 5.74) is 1.03. The van der Waals surface area contributed by atoms with Gasteiger partial charge >= 0.3 is 0 Å². The molecule has 0 bridgehead atoms. The molecule has 0 spiro atoms. The van der Waals surface area contributed by atoms with Crippen LogP contribution in [0.4, 0.5) is 0 Å². The maximum Gasteiger partial charge on any atom is 0.219 e. The molecule has 0 aliphatic rings. The van der Waals surface area contributed by atoms with Crippen LogP contribution in [0.3, 0.4) is 0 Å². The lowest BCUT2D eigenvalue weighted by molar-refractivity contribution is 0.0579. The van der Waals surface area contributed by atoms with Gasteiger partial charge in [-0.1, -0.05) is 42.8 Å². The first-order valence-corrected chi connectivity index (χ1v) is 7.69. The average Bonchev–Trinajstić information content (AvgIpc) is 2.40. The molecule has 2 aromatic rings. The van der Waals surface area contributed by atoms with Gasteiger partial charge in [0.25, 0.3) is 0 Å². The second kappa shape index (κ2) is 7.05. The summed E-state index contributed by atoms with van der Waals surface area (Å²) in [6.07, 6.45) is 0. The van der Waals surface area contributed by atoms with E-state index in [1.165, 1.54) is 0 Å². The van der Waals surface area contributed by atoms with Crippen LogP contribution in [0, 0.1) is 5.41 Å². The van der Waals surface area contributed by atoms with Gasteiger partial charge in [0, 0.05) is 10.5 Å². The third-order valence-corrected chi connectivity index (χ3v) is 3.13. The molecule has 0 atom stereocenters. The maximum atomic E-state index is 5.73. The number of halogens is 1. The first kappa shape index (κ1) is 16.0. The molecule has 1 aromatic heterocycles. The third kappa shape index (κ3) is 5.86. The lowest BCUT2D eigenvalue weighted by Crippen LogP contribution is -2.14. The Morgan fingerprint density at radius 2 is 1.76 bits per heavy atom. The van der Waals surface area contributed by atoms with Gasteiger partial charge in [-0.3, -0.25) is 0 Å². The fourth-order valence-electron chi connectivity index (χ4n) is 1.68. The Morgan fingerprint density at radius 3 is 2.43 bits per heavy atom. The summed E-state index contributed by atoms with van der Waals surface area (Å²) in [4.78, 5) is 4.45. The molecule has 0 saturated heterocycles. The normalized spacial score (nSPS) is 11.4. The van der Waals surface area contributed by atoms with Crippen LogP contribution in [-0.2, 0) is 11.3 Å². The summed E-state index contributed by atoms with van der Waals surface area (Å²) in [6, 6.07) is 13.4. The number of pyridine rings is 1. The van der Waals surface area contributed by atoms with Crippen molar-refractivity contribution < 1.29 is 9.47 Å². The van der Waals surface area contributed by atoms with Gasteiger partial charge in [-0.15, -0.1) is 0 Å². The fourth-order valence-corrected chi connectivity index (χ4v) is 1.94. The van der Waals surface area contributed by atoms with E-state index in [1.807, 2.05) is 42.5 Å². The highest BCUT2D eigenvalue weighted by Gasteiger charge is 2.10. The summed E-state index contributed by atoms with van der Waals surface area (Å²) < 4.78 is 12.4. The zero-order valence-electron chi connectivity index (χ0n) is 12.6. The summed E-state index contributed by atoms with van der Waals surface area (Å²) in [5.74, 6) is 1.34. The minimum atomic E-state index is 0.158. The van der Waals surface area contributed by atoms with Crippen LogP contribution in [-0.4, -0.2) is 11.6 Å². The van der Waals surface area contributed by atoms with E-state index in [2.05, 4.69) is 41.7 Å². The van der Waals surface area contributed by atoms with Crippen molar-refractivity contribution in [2.75, 3.05) is 6.61 Å². The van der Waals surface area contributed by atoms with E-state index >= 15 is 0 Å². The molecule has 0 saturated carbocycles. The number of nitrogens with zero attached hydrogens (tertiary/aromatic N) is 1. The molecule has 0 radical (unpaired) electrons. The van der Waals surface area contributed by atoms with Gasteiger partial charge in [-0.2, -0.15) is 0 Å². The van der Waals surface area contributed by atoms with E-state index in [-0.39, 0.29) is 5.41 Å². The summed E-state index contributed by atoms with van der Waals surface area (Å²) in [7, 11) is 0. The molecule has 1 aromatic carbocycles. The van der Waals surface area contributed by atoms with E-state index in [1.54, 1.807) is 0 Å². The number of rotatable bonds is 5. The Bertz CT molecular complexity index is 576. The smallest absolute Gasteiger partial charge is 0.219 e. The first-order chi connectivity index (χ1) is 9.92. The largest absolute Gasteiger partial charge is 0.439 e. The van der Waals surface area contributed by atoms with Crippen molar-refractivity contribution >= 4 is 15.9 Å². The van der Waals surface area contributed by atoms with Crippen molar-refractivity contribution in [3.05, 3.63) is 52.6 Å². The minimum absolute atomic E-state index is 0.158. The fraction of sp³-hybridized carbons (Fsp3) is 0.353. The zero-order chi connectivity index (χ0) is 15.3. The molecule has 3 nitrogen and oxygen atoms in total. The van der Waals surface area contributed by atoms with Gasteiger partial charge < -0.3 is 9.47 Å². The van der Waals surface area contributed by atoms with Crippen LogP contribution in [0.2, 0.25) is 0 Å². The molecule has 0 aliphatic heterocycles. The van der Waals surface area contributed by atoms with E-state index in [0.29, 0.717) is 19.1 Å². The molecule has 0 unspecified atom stereocenters. The predicted molar refractivity (Wildman–Crippen MR) is 87.6 cm³/mol. The van der Waals surface area contributed by atoms with Crippen LogP contribution < -0.4 is 4.74 Å². The lowest BCUT2D eigenvalue weighted by atomic mass is 9.99. The molecule has 112 valence electrons. The van der Waals surface area contributed by atoms with Gasteiger partial charge in [0.15, 0.2) is 0 Å². The summed E-state index contributed by atoms with van der Waals surface area (Å²) in [5, 5.41) is 0. The van der Waals surface area contributed by atoms with Crippen LogP contribution in [0.15, 0.2) is 46.9 Å². The highest BCUT2D eigenvalue weighted by molar-refractivity contribution is 9.10. The van der Waals surface area contributed by atoms with Crippen molar-refractivity contribution in [1.29, 1.82) is 0 Å². The van der Waals surface area contributed by atoms with Crippen molar-refractivity contribution in [3.8, 4) is 11.6 Å². The second-order valence-corrected chi connectivity index (χ2v) is 6.99. The van der Waals surface area contributed by atoms with Crippen LogP contribution in [0.1, 0.15) is 26.5 Å². The van der Waals surface area contributed by atoms with Crippen molar-refractivity contribution in [2.45, 2.75) is 27.4 Å². The van der Waals surface area contributed by atoms with Gasteiger partial charge in [0.1, 0.15) is 5.75 Å². The number of ether oxygens (including phenoxy) is 2. The van der Waals surface area contributed by atoms with E-state index in [0.717, 1.165) is 15.9 Å². The van der Waals surface area contributed by atoms with Crippen molar-refractivity contribution in [1.82, 2.24) is 4.98 Å². The van der Waals surface area contributed by atoms with Gasteiger partial charge in [0.05, 0.1) is 18.9 Å². The maximum absolute atomic E-state index is 5.73. The summed E-state index contributed by atoms with van der Waals surface area (Å²) >= 11 is 3.40. The standard InChI is InChI=1S/C17H20BrNO2/c1-17(2,3)12-20-11-14-5-4-6-16(19-14)21-15-9-7-13(18)8-10-15/h4-10H,11-12H2,1-3H3. The molecule has 0 amide bonds. The molecule has 0 aliphatic carbocycles. The first-order valence-electron chi connectivity index (χ1n) is 6.89. The Morgan fingerprint density at radius 1 is 1.05 bits per heavy atom. The Kier molecular flexibility index (Phi) is 5.37. The highest BCUT2D eigenvalue weighted by atomic mass is 79.9. The second-order valence-electron chi connectivity index (χ2n) is 6.08. The van der Waals surface area contributed by atoms with Crippen LogP contribution >= 0.6 is 15.9 Å². The SMILES string of the molecule is CC(C)(C)COCc1cccc(Oc2ccc(Br)cc2)n1.